The Balaban J connectivity index is 2.45. The molecule has 2 nitrogen and oxygen atoms in total. The second-order valence-electron chi connectivity index (χ2n) is 4.46. The molecule has 0 radical (unpaired) electrons. The smallest absolute Gasteiger partial charge is 0.416 e. The van der Waals surface area contributed by atoms with Crippen LogP contribution in [-0.2, 0) is 17.4 Å². The highest BCUT2D eigenvalue weighted by molar-refractivity contribution is 5.72. The SMILES string of the molecule is O=C(O)Cc1cc(-c2cccc(C(F)(F)F)c2)ccc1F. The molecule has 0 bridgehead atoms. The summed E-state index contributed by atoms with van der Waals surface area (Å²) in [5.74, 6) is -1.91. The van der Waals surface area contributed by atoms with E-state index in [-0.39, 0.29) is 11.1 Å². The Hall–Kier alpha value is -2.37. The van der Waals surface area contributed by atoms with Gasteiger partial charge >= 0.3 is 12.1 Å². The summed E-state index contributed by atoms with van der Waals surface area (Å²) in [5, 5.41) is 8.69. The summed E-state index contributed by atoms with van der Waals surface area (Å²) < 4.78 is 51.5. The molecule has 0 aliphatic heterocycles. The van der Waals surface area contributed by atoms with Crippen molar-refractivity contribution in [1.82, 2.24) is 0 Å². The molecule has 2 aromatic rings. The van der Waals surface area contributed by atoms with Crippen molar-refractivity contribution in [3.8, 4) is 11.1 Å². The highest BCUT2D eigenvalue weighted by Crippen LogP contribution is 2.32. The molecule has 0 aliphatic rings. The number of halogens is 4. The molecule has 0 fully saturated rings. The van der Waals surface area contributed by atoms with Gasteiger partial charge in [0.05, 0.1) is 12.0 Å². The molecule has 0 amide bonds. The zero-order chi connectivity index (χ0) is 15.6. The lowest BCUT2D eigenvalue weighted by molar-refractivity contribution is -0.138. The molecule has 6 heteroatoms. The van der Waals surface area contributed by atoms with Gasteiger partial charge in [-0.25, -0.2) is 4.39 Å². The summed E-state index contributed by atoms with van der Waals surface area (Å²) in [6.45, 7) is 0. The minimum absolute atomic E-state index is 0.0718. The summed E-state index contributed by atoms with van der Waals surface area (Å²) in [6, 6.07) is 8.19. The first-order chi connectivity index (χ1) is 9.77. The maximum atomic E-state index is 13.5. The second-order valence-corrected chi connectivity index (χ2v) is 4.46. The number of carbonyl (C=O) groups is 1. The predicted molar refractivity (Wildman–Crippen MR) is 68.2 cm³/mol. The van der Waals surface area contributed by atoms with E-state index in [0.29, 0.717) is 5.56 Å². The average Bonchev–Trinajstić information content (AvgIpc) is 2.40. The molecule has 2 rings (SSSR count). The number of benzene rings is 2. The second kappa shape index (κ2) is 5.55. The maximum Gasteiger partial charge on any atom is 0.416 e. The third-order valence-corrected chi connectivity index (χ3v) is 2.91. The van der Waals surface area contributed by atoms with Crippen molar-refractivity contribution in [2.75, 3.05) is 0 Å². The van der Waals surface area contributed by atoms with Crippen LogP contribution in [0.3, 0.4) is 0 Å². The number of aliphatic carboxylic acids is 1. The molecule has 0 aromatic heterocycles. The first-order valence-corrected chi connectivity index (χ1v) is 5.95. The van der Waals surface area contributed by atoms with E-state index in [2.05, 4.69) is 0 Å². The van der Waals surface area contributed by atoms with Gasteiger partial charge in [-0.15, -0.1) is 0 Å². The van der Waals surface area contributed by atoms with Crippen molar-refractivity contribution in [3.63, 3.8) is 0 Å². The molecule has 21 heavy (non-hydrogen) atoms. The Bertz CT molecular complexity index is 678. The van der Waals surface area contributed by atoms with Gasteiger partial charge in [0.25, 0.3) is 0 Å². The van der Waals surface area contributed by atoms with Gasteiger partial charge in [-0.3, -0.25) is 4.79 Å². The van der Waals surface area contributed by atoms with Gasteiger partial charge in [0.15, 0.2) is 0 Å². The van der Waals surface area contributed by atoms with Crippen LogP contribution in [0, 0.1) is 5.82 Å². The number of hydrogen-bond acceptors (Lipinski definition) is 1. The Morgan fingerprint density at radius 3 is 2.33 bits per heavy atom. The van der Waals surface area contributed by atoms with E-state index in [4.69, 9.17) is 5.11 Å². The Labute approximate surface area is 117 Å². The summed E-state index contributed by atoms with van der Waals surface area (Å²) in [6.07, 6.45) is -5.00. The van der Waals surface area contributed by atoms with E-state index in [0.717, 1.165) is 18.2 Å². The van der Waals surface area contributed by atoms with E-state index in [9.17, 15) is 22.4 Å². The van der Waals surface area contributed by atoms with Crippen LogP contribution in [0.2, 0.25) is 0 Å². The zero-order valence-corrected chi connectivity index (χ0v) is 10.6. The molecule has 0 saturated carbocycles. The standard InChI is InChI=1S/C15H10F4O2/c16-13-5-4-10(6-11(13)8-14(20)21)9-2-1-3-12(7-9)15(17,18)19/h1-7H,8H2,(H,20,21). The van der Waals surface area contributed by atoms with Gasteiger partial charge in [-0.1, -0.05) is 18.2 Å². The molecule has 110 valence electrons. The topological polar surface area (TPSA) is 37.3 Å². The molecular formula is C15H10F4O2. The van der Waals surface area contributed by atoms with E-state index < -0.39 is 29.9 Å². The summed E-state index contributed by atoms with van der Waals surface area (Å²) in [4.78, 5) is 10.6. The molecule has 0 atom stereocenters. The number of rotatable bonds is 3. The molecule has 1 N–H and O–H groups in total. The molecule has 0 aliphatic carbocycles. The summed E-state index contributed by atoms with van der Waals surface area (Å²) in [5.41, 5.74) is -0.309. The highest BCUT2D eigenvalue weighted by atomic mass is 19.4. The van der Waals surface area contributed by atoms with Crippen molar-refractivity contribution in [2.24, 2.45) is 0 Å². The Morgan fingerprint density at radius 2 is 1.71 bits per heavy atom. The molecular weight excluding hydrogens is 288 g/mol. The third-order valence-electron chi connectivity index (χ3n) is 2.91. The van der Waals surface area contributed by atoms with Gasteiger partial charge in [-0.2, -0.15) is 13.2 Å². The van der Waals surface area contributed by atoms with Crippen LogP contribution in [0.5, 0.6) is 0 Å². The molecule has 0 saturated heterocycles. The van der Waals surface area contributed by atoms with Crippen LogP contribution in [0.25, 0.3) is 11.1 Å². The van der Waals surface area contributed by atoms with Crippen molar-refractivity contribution in [2.45, 2.75) is 12.6 Å². The van der Waals surface area contributed by atoms with Crippen LogP contribution >= 0.6 is 0 Å². The number of carboxylic acids is 1. The van der Waals surface area contributed by atoms with Crippen molar-refractivity contribution in [1.29, 1.82) is 0 Å². The lowest BCUT2D eigenvalue weighted by Crippen LogP contribution is -2.05. The van der Waals surface area contributed by atoms with Crippen molar-refractivity contribution in [3.05, 3.63) is 59.4 Å². The Kier molecular flexibility index (Phi) is 3.97. The van der Waals surface area contributed by atoms with Gasteiger partial charge < -0.3 is 5.11 Å². The lowest BCUT2D eigenvalue weighted by atomic mass is 9.99. The van der Waals surface area contributed by atoms with E-state index in [1.54, 1.807) is 0 Å². The summed E-state index contributed by atoms with van der Waals surface area (Å²) in [7, 11) is 0. The molecule has 0 unspecified atom stereocenters. The fourth-order valence-electron chi connectivity index (χ4n) is 1.93. The van der Waals surface area contributed by atoms with E-state index in [1.165, 1.54) is 24.3 Å². The van der Waals surface area contributed by atoms with Crippen LogP contribution in [0.15, 0.2) is 42.5 Å². The zero-order valence-electron chi connectivity index (χ0n) is 10.6. The normalized spacial score (nSPS) is 11.4. The largest absolute Gasteiger partial charge is 0.481 e. The number of hydrogen-bond donors (Lipinski definition) is 1. The van der Waals surface area contributed by atoms with Crippen LogP contribution in [0.4, 0.5) is 17.6 Å². The fraction of sp³-hybridized carbons (Fsp3) is 0.133. The number of carboxylic acid groups (broad SMARTS) is 1. The molecule has 0 spiro atoms. The quantitative estimate of drug-likeness (QED) is 0.865. The van der Waals surface area contributed by atoms with E-state index in [1.807, 2.05) is 0 Å². The minimum atomic E-state index is -4.47. The monoisotopic (exact) mass is 298 g/mol. The van der Waals surface area contributed by atoms with Crippen LogP contribution in [-0.4, -0.2) is 11.1 Å². The van der Waals surface area contributed by atoms with Crippen molar-refractivity contribution < 1.29 is 27.5 Å². The highest BCUT2D eigenvalue weighted by Gasteiger charge is 2.30. The van der Waals surface area contributed by atoms with Gasteiger partial charge in [0.1, 0.15) is 5.82 Å². The predicted octanol–water partition coefficient (Wildman–Crippen LogP) is 4.14. The maximum absolute atomic E-state index is 13.5. The first-order valence-electron chi connectivity index (χ1n) is 5.95. The minimum Gasteiger partial charge on any atom is -0.481 e. The van der Waals surface area contributed by atoms with Crippen LogP contribution in [0.1, 0.15) is 11.1 Å². The first kappa shape index (κ1) is 15.0. The average molecular weight is 298 g/mol. The van der Waals surface area contributed by atoms with Gasteiger partial charge in [0, 0.05) is 0 Å². The Morgan fingerprint density at radius 1 is 1.05 bits per heavy atom. The number of alkyl halides is 3. The summed E-state index contributed by atoms with van der Waals surface area (Å²) >= 11 is 0. The van der Waals surface area contributed by atoms with E-state index >= 15 is 0 Å². The van der Waals surface area contributed by atoms with Gasteiger partial charge in [-0.05, 0) is 41.0 Å². The van der Waals surface area contributed by atoms with Gasteiger partial charge in [0.2, 0.25) is 0 Å². The van der Waals surface area contributed by atoms with Crippen LogP contribution < -0.4 is 0 Å². The van der Waals surface area contributed by atoms with Crippen molar-refractivity contribution >= 4 is 5.97 Å². The third kappa shape index (κ3) is 3.59. The molecule has 0 heterocycles. The molecule has 2 aromatic carbocycles. The fourth-order valence-corrected chi connectivity index (χ4v) is 1.93. The lowest BCUT2D eigenvalue weighted by Gasteiger charge is -2.10.